The predicted octanol–water partition coefficient (Wildman–Crippen LogP) is 1.86. The van der Waals surface area contributed by atoms with Crippen LogP contribution >= 0.6 is 11.8 Å². The minimum atomic E-state index is -0.362. The van der Waals surface area contributed by atoms with Crippen LogP contribution in [0.2, 0.25) is 0 Å². The second kappa shape index (κ2) is 5.46. The van der Waals surface area contributed by atoms with Gasteiger partial charge in [-0.25, -0.2) is 4.39 Å². The zero-order valence-corrected chi connectivity index (χ0v) is 9.93. The lowest BCUT2D eigenvalue weighted by Crippen LogP contribution is -2.15. The first-order chi connectivity index (χ1) is 8.72. The van der Waals surface area contributed by atoms with E-state index in [1.165, 1.54) is 12.3 Å². The number of aromatic nitrogens is 2. The maximum absolute atomic E-state index is 13.5. The molecule has 0 saturated carbocycles. The molecule has 0 bridgehead atoms. The first-order valence-corrected chi connectivity index (χ1v) is 5.76. The van der Waals surface area contributed by atoms with E-state index in [1.807, 2.05) is 0 Å². The van der Waals surface area contributed by atoms with Crippen LogP contribution in [-0.4, -0.2) is 21.2 Å². The summed E-state index contributed by atoms with van der Waals surface area (Å²) in [4.78, 5) is 0.394. The van der Waals surface area contributed by atoms with E-state index in [-0.39, 0.29) is 11.7 Å². The summed E-state index contributed by atoms with van der Waals surface area (Å²) in [6.07, 6.45) is 1.42. The highest BCUT2D eigenvalue weighted by Gasteiger charge is 2.12. The van der Waals surface area contributed by atoms with Gasteiger partial charge in [-0.2, -0.15) is 5.10 Å². The number of hydrogen-bond donors (Lipinski definition) is 2. The van der Waals surface area contributed by atoms with E-state index in [2.05, 4.69) is 15.4 Å². The van der Waals surface area contributed by atoms with Crippen LogP contribution in [0.1, 0.15) is 5.56 Å². The summed E-state index contributed by atoms with van der Waals surface area (Å²) in [5.74, 6) is -0.456. The highest BCUT2D eigenvalue weighted by Crippen LogP contribution is 2.29. The van der Waals surface area contributed by atoms with Crippen molar-refractivity contribution in [2.24, 2.45) is 10.9 Å². The molecule has 5 nitrogen and oxygen atoms in total. The maximum atomic E-state index is 13.5. The van der Waals surface area contributed by atoms with E-state index in [4.69, 9.17) is 10.9 Å². The molecule has 3 N–H and O–H groups in total. The van der Waals surface area contributed by atoms with Crippen molar-refractivity contribution >= 4 is 17.6 Å². The molecule has 0 spiro atoms. The van der Waals surface area contributed by atoms with Gasteiger partial charge in [-0.05, 0) is 18.2 Å². The van der Waals surface area contributed by atoms with Gasteiger partial charge in [0.1, 0.15) is 10.8 Å². The molecule has 1 aromatic carbocycles. The monoisotopic (exact) mass is 264 g/mol. The molecule has 0 aliphatic heterocycles. The van der Waals surface area contributed by atoms with Gasteiger partial charge < -0.3 is 10.9 Å². The summed E-state index contributed by atoms with van der Waals surface area (Å²) in [6.45, 7) is 0. The van der Waals surface area contributed by atoms with E-state index in [0.29, 0.717) is 15.5 Å². The van der Waals surface area contributed by atoms with Crippen LogP contribution in [0.3, 0.4) is 0 Å². The molecule has 2 rings (SSSR count). The summed E-state index contributed by atoms with van der Waals surface area (Å²) in [6, 6.07) is 7.82. The number of benzene rings is 1. The number of hydrogen-bond acceptors (Lipinski definition) is 5. The fourth-order valence-corrected chi connectivity index (χ4v) is 2.17. The van der Waals surface area contributed by atoms with Gasteiger partial charge in [0.25, 0.3) is 0 Å². The molecular weight excluding hydrogens is 255 g/mol. The van der Waals surface area contributed by atoms with Crippen molar-refractivity contribution < 1.29 is 9.60 Å². The largest absolute Gasteiger partial charge is 0.409 e. The predicted molar refractivity (Wildman–Crippen MR) is 65.1 cm³/mol. The Morgan fingerprint density at radius 3 is 2.83 bits per heavy atom. The number of nitrogens with zero attached hydrogens (tertiary/aromatic N) is 3. The number of amidine groups is 1. The summed E-state index contributed by atoms with van der Waals surface area (Å²) in [5, 5.41) is 19.5. The van der Waals surface area contributed by atoms with Crippen molar-refractivity contribution in [1.82, 2.24) is 10.2 Å². The SMILES string of the molecule is N/C(=N/O)c1ccnnc1Sc1ccccc1F. The molecule has 1 heterocycles. The molecule has 0 atom stereocenters. The zero-order valence-electron chi connectivity index (χ0n) is 9.12. The van der Waals surface area contributed by atoms with Crippen molar-refractivity contribution in [2.75, 3.05) is 0 Å². The molecule has 0 radical (unpaired) electrons. The average molecular weight is 264 g/mol. The van der Waals surface area contributed by atoms with E-state index in [1.54, 1.807) is 24.3 Å². The second-order valence-electron chi connectivity index (χ2n) is 3.27. The molecule has 0 aliphatic rings. The number of halogens is 1. The van der Waals surface area contributed by atoms with Gasteiger partial charge in [-0.1, -0.05) is 29.1 Å². The van der Waals surface area contributed by atoms with Gasteiger partial charge in [0, 0.05) is 4.90 Å². The third-order valence-electron chi connectivity index (χ3n) is 2.11. The average Bonchev–Trinajstić information content (AvgIpc) is 2.41. The Bertz CT molecular complexity index is 591. The molecule has 92 valence electrons. The molecule has 7 heteroatoms. The van der Waals surface area contributed by atoms with Crippen molar-refractivity contribution in [1.29, 1.82) is 0 Å². The van der Waals surface area contributed by atoms with Gasteiger partial charge in [0.15, 0.2) is 5.84 Å². The number of nitrogens with two attached hydrogens (primary N) is 1. The van der Waals surface area contributed by atoms with Crippen LogP contribution in [0, 0.1) is 5.82 Å². The molecule has 0 amide bonds. The minimum Gasteiger partial charge on any atom is -0.409 e. The summed E-state index contributed by atoms with van der Waals surface area (Å²) in [7, 11) is 0. The normalized spacial score (nSPS) is 11.5. The van der Waals surface area contributed by atoms with E-state index in [0.717, 1.165) is 11.8 Å². The van der Waals surface area contributed by atoms with Gasteiger partial charge in [0.2, 0.25) is 0 Å². The van der Waals surface area contributed by atoms with E-state index >= 15 is 0 Å². The maximum Gasteiger partial charge on any atom is 0.172 e. The highest BCUT2D eigenvalue weighted by atomic mass is 32.2. The smallest absolute Gasteiger partial charge is 0.172 e. The quantitative estimate of drug-likeness (QED) is 0.382. The number of oxime groups is 1. The first-order valence-electron chi connectivity index (χ1n) is 4.94. The third-order valence-corrected chi connectivity index (χ3v) is 3.16. The van der Waals surface area contributed by atoms with Crippen molar-refractivity contribution in [2.45, 2.75) is 9.92 Å². The standard InChI is InChI=1S/C11H9FN4OS/c12-8-3-1-2-4-9(8)18-11-7(10(13)16-17)5-6-14-15-11/h1-6,17H,(H2,13,16). The highest BCUT2D eigenvalue weighted by molar-refractivity contribution is 7.99. The van der Waals surface area contributed by atoms with E-state index < -0.39 is 0 Å². The Morgan fingerprint density at radius 1 is 1.33 bits per heavy atom. The van der Waals surface area contributed by atoms with Gasteiger partial charge in [-0.3, -0.25) is 0 Å². The lowest BCUT2D eigenvalue weighted by molar-refractivity contribution is 0.318. The second-order valence-corrected chi connectivity index (χ2v) is 4.30. The lowest BCUT2D eigenvalue weighted by atomic mass is 10.3. The van der Waals surface area contributed by atoms with Crippen molar-refractivity contribution in [3.63, 3.8) is 0 Å². The van der Waals surface area contributed by atoms with Crippen LogP contribution in [0.15, 0.2) is 51.6 Å². The van der Waals surface area contributed by atoms with Crippen LogP contribution in [0.25, 0.3) is 0 Å². The van der Waals surface area contributed by atoms with Crippen LogP contribution in [-0.2, 0) is 0 Å². The summed E-state index contributed by atoms with van der Waals surface area (Å²) < 4.78 is 13.5. The van der Waals surface area contributed by atoms with Gasteiger partial charge in [-0.15, -0.1) is 5.10 Å². The molecule has 0 fully saturated rings. The van der Waals surface area contributed by atoms with Gasteiger partial charge >= 0.3 is 0 Å². The molecular formula is C11H9FN4OS. The topological polar surface area (TPSA) is 84.4 Å². The van der Waals surface area contributed by atoms with E-state index in [9.17, 15) is 4.39 Å². The first kappa shape index (κ1) is 12.3. The summed E-state index contributed by atoms with van der Waals surface area (Å²) in [5.41, 5.74) is 5.92. The Labute approximate surface area is 107 Å². The van der Waals surface area contributed by atoms with Crippen LogP contribution in [0.4, 0.5) is 4.39 Å². The fourth-order valence-electron chi connectivity index (χ4n) is 1.27. The molecule has 2 aromatic rings. The Morgan fingerprint density at radius 2 is 2.11 bits per heavy atom. The van der Waals surface area contributed by atoms with Crippen LogP contribution < -0.4 is 5.73 Å². The third kappa shape index (κ3) is 2.57. The van der Waals surface area contributed by atoms with Crippen molar-refractivity contribution in [3.8, 4) is 0 Å². The molecule has 18 heavy (non-hydrogen) atoms. The van der Waals surface area contributed by atoms with Crippen molar-refractivity contribution in [3.05, 3.63) is 47.9 Å². The zero-order chi connectivity index (χ0) is 13.0. The molecule has 0 saturated heterocycles. The Balaban J connectivity index is 2.38. The minimum absolute atomic E-state index is 0.0938. The molecule has 1 aromatic heterocycles. The summed E-state index contributed by atoms with van der Waals surface area (Å²) >= 11 is 1.06. The van der Waals surface area contributed by atoms with Crippen LogP contribution in [0.5, 0.6) is 0 Å². The molecule has 0 unspecified atom stereocenters. The Hall–Kier alpha value is -2.15. The molecule has 0 aliphatic carbocycles. The lowest BCUT2D eigenvalue weighted by Gasteiger charge is -2.05. The Kier molecular flexibility index (Phi) is 3.73. The number of rotatable bonds is 3. The van der Waals surface area contributed by atoms with Gasteiger partial charge in [0.05, 0.1) is 11.8 Å². The fraction of sp³-hybridized carbons (Fsp3) is 0.